The van der Waals surface area contributed by atoms with Gasteiger partial charge in [-0.05, 0) is 193 Å². The SMILES string of the molecule is Cc1cc(C)c2c(c1)N(c1cc3c4c(c1)N(c1cccc5sc6ccccc6c15)c1ccc(-c5ccccc5)cc1B4c1ccc(N4c5ccc(C(C)(C)C)cc5C5(C)CCCCC45C)cc1N3c1cccc3oc4ccccc4c13)C1(C)CCCCC21C. The van der Waals surface area contributed by atoms with Crippen molar-refractivity contribution in [3.8, 4) is 11.1 Å². The summed E-state index contributed by atoms with van der Waals surface area (Å²) in [5, 5.41) is 4.84. The highest BCUT2D eigenvalue weighted by Crippen LogP contribution is 2.65. The van der Waals surface area contributed by atoms with Crippen LogP contribution >= 0.6 is 11.3 Å². The molecule has 6 aliphatic rings. The monoisotopic (exact) mass is 1170 g/mol. The first-order valence-electron chi connectivity index (χ1n) is 32.9. The van der Waals surface area contributed by atoms with Gasteiger partial charge in [-0.2, -0.15) is 0 Å². The Morgan fingerprint density at radius 3 is 1.87 bits per heavy atom. The van der Waals surface area contributed by atoms with Gasteiger partial charge in [-0.25, -0.2) is 0 Å². The third-order valence-corrected chi connectivity index (χ3v) is 24.5. The molecule has 10 aromatic carbocycles. The van der Waals surface area contributed by atoms with Crippen molar-refractivity contribution in [2.45, 2.75) is 141 Å². The molecular formula is C82H75BN4OS. The molecule has 438 valence electrons. The third kappa shape index (κ3) is 7.14. The molecule has 4 aliphatic heterocycles. The van der Waals surface area contributed by atoms with Crippen molar-refractivity contribution >= 4 is 133 Å². The van der Waals surface area contributed by atoms with E-state index in [0.29, 0.717) is 0 Å². The van der Waals surface area contributed by atoms with Crippen LogP contribution in [0.5, 0.6) is 0 Å². The fourth-order valence-corrected chi connectivity index (χ4v) is 20.0. The molecule has 0 saturated heterocycles. The van der Waals surface area contributed by atoms with E-state index in [1.807, 2.05) is 11.3 Å². The van der Waals surface area contributed by atoms with Crippen molar-refractivity contribution in [1.82, 2.24) is 0 Å². The number of hydrogen-bond donors (Lipinski definition) is 0. The first kappa shape index (κ1) is 53.5. The lowest BCUT2D eigenvalue weighted by atomic mass is 9.33. The van der Waals surface area contributed by atoms with Crippen LogP contribution in [0.1, 0.15) is 128 Å². The summed E-state index contributed by atoms with van der Waals surface area (Å²) in [5.41, 5.74) is 27.2. The number of furan rings is 1. The number of anilines is 10. The zero-order valence-corrected chi connectivity index (χ0v) is 53.6. The molecule has 18 rings (SSSR count). The van der Waals surface area contributed by atoms with E-state index in [2.05, 4.69) is 276 Å². The van der Waals surface area contributed by atoms with Crippen LogP contribution in [-0.4, -0.2) is 17.8 Å². The molecule has 89 heavy (non-hydrogen) atoms. The highest BCUT2D eigenvalue weighted by Gasteiger charge is 2.60. The van der Waals surface area contributed by atoms with Crippen molar-refractivity contribution in [3.63, 3.8) is 0 Å². The minimum Gasteiger partial charge on any atom is -0.456 e. The smallest absolute Gasteiger partial charge is 0.252 e. The Kier molecular flexibility index (Phi) is 11.1. The number of fused-ring (bicyclic) bond motifs is 16. The molecule has 4 atom stereocenters. The van der Waals surface area contributed by atoms with Crippen LogP contribution in [0.3, 0.4) is 0 Å². The minimum absolute atomic E-state index is 0.0255. The standard InChI is InChI=1S/C82H75BN4OS/c1-50-43-51(2)76-67(44-50)87(82(9)42-20-18-40-80(76,82)7)56-48-68-77-69(49-56)85(64-27-21-30-71-74(64)57-25-13-15-29-70(57)88-71)66-47-55(86-62-38-34-54(78(3,4)5)46-59(62)79(6)39-17-19-41-81(79,86)8)35-36-60(66)83(77)61-45-53(52-23-11-10-12-24-52)33-37-63(61)84(68)65-28-22-32-73-75(65)58-26-14-16-31-72(58)89-73/h10-16,21-38,43-49H,17-20,39-42H2,1-9H3. The highest BCUT2D eigenvalue weighted by molar-refractivity contribution is 7.26. The van der Waals surface area contributed by atoms with Gasteiger partial charge < -0.3 is 24.0 Å². The van der Waals surface area contributed by atoms with E-state index in [9.17, 15) is 0 Å². The Morgan fingerprint density at radius 1 is 0.449 bits per heavy atom. The summed E-state index contributed by atoms with van der Waals surface area (Å²) >= 11 is 1.90. The van der Waals surface area contributed by atoms with Crippen LogP contribution in [-0.2, 0) is 16.2 Å². The Hall–Kier alpha value is -8.52. The Morgan fingerprint density at radius 2 is 1.08 bits per heavy atom. The maximum atomic E-state index is 6.94. The molecule has 5 nitrogen and oxygen atoms in total. The van der Waals surface area contributed by atoms with Crippen molar-refractivity contribution in [2.24, 2.45) is 0 Å². The lowest BCUT2D eigenvalue weighted by Gasteiger charge is -2.51. The second-order valence-electron chi connectivity index (χ2n) is 29.1. The maximum Gasteiger partial charge on any atom is 0.252 e. The van der Waals surface area contributed by atoms with E-state index in [-0.39, 0.29) is 34.0 Å². The predicted molar refractivity (Wildman–Crippen MR) is 380 cm³/mol. The molecule has 6 heterocycles. The molecule has 0 spiro atoms. The van der Waals surface area contributed by atoms with Crippen molar-refractivity contribution in [3.05, 3.63) is 222 Å². The summed E-state index contributed by atoms with van der Waals surface area (Å²) < 4.78 is 9.54. The fraction of sp³-hybridized carbons (Fsp3) is 0.268. The van der Waals surface area contributed by atoms with E-state index in [1.54, 1.807) is 0 Å². The van der Waals surface area contributed by atoms with Gasteiger partial charge in [0.15, 0.2) is 0 Å². The second kappa shape index (κ2) is 18.5. The first-order valence-corrected chi connectivity index (χ1v) is 33.7. The van der Waals surface area contributed by atoms with Crippen molar-refractivity contribution in [1.29, 1.82) is 0 Å². The molecule has 2 aliphatic carbocycles. The van der Waals surface area contributed by atoms with Gasteiger partial charge in [0.1, 0.15) is 11.2 Å². The average Bonchev–Trinajstić information content (AvgIpc) is 1.62. The van der Waals surface area contributed by atoms with Crippen LogP contribution in [0.15, 0.2) is 199 Å². The van der Waals surface area contributed by atoms with Gasteiger partial charge in [0.25, 0.3) is 6.71 Å². The number of benzene rings is 10. The zero-order valence-electron chi connectivity index (χ0n) is 52.8. The first-order chi connectivity index (χ1) is 43.1. The predicted octanol–water partition coefficient (Wildman–Crippen LogP) is 21.1. The van der Waals surface area contributed by atoms with Gasteiger partial charge in [-0.3, -0.25) is 0 Å². The Balaban J connectivity index is 0.992. The van der Waals surface area contributed by atoms with Gasteiger partial charge in [-0.15, -0.1) is 11.3 Å². The van der Waals surface area contributed by atoms with Gasteiger partial charge in [0, 0.05) is 81.9 Å². The van der Waals surface area contributed by atoms with Gasteiger partial charge in [0.2, 0.25) is 0 Å². The molecule has 0 amide bonds. The normalized spacial score (nSPS) is 22.4. The number of aryl methyl sites for hydroxylation is 2. The Labute approximate surface area is 528 Å². The van der Waals surface area contributed by atoms with E-state index in [1.165, 1.54) is 152 Å². The molecule has 4 unspecified atom stereocenters. The number of para-hydroxylation sites is 1. The maximum absolute atomic E-state index is 6.94. The second-order valence-corrected chi connectivity index (χ2v) is 30.2. The molecule has 2 saturated carbocycles. The largest absolute Gasteiger partial charge is 0.456 e. The number of nitrogens with zero attached hydrogens (tertiary/aromatic N) is 4. The van der Waals surface area contributed by atoms with Crippen molar-refractivity contribution in [2.75, 3.05) is 19.6 Å². The molecule has 2 aromatic heterocycles. The molecule has 12 aromatic rings. The molecule has 2 fully saturated rings. The van der Waals surface area contributed by atoms with Crippen molar-refractivity contribution < 1.29 is 4.42 Å². The van der Waals surface area contributed by atoms with Crippen LogP contribution in [0.2, 0.25) is 0 Å². The van der Waals surface area contributed by atoms with E-state index < -0.39 is 0 Å². The summed E-state index contributed by atoms with van der Waals surface area (Å²) in [7, 11) is 0. The lowest BCUT2D eigenvalue weighted by Crippen LogP contribution is -2.61. The van der Waals surface area contributed by atoms with Gasteiger partial charge >= 0.3 is 0 Å². The molecular weight excluding hydrogens is 1100 g/mol. The Bertz CT molecular complexity index is 5010. The molecule has 0 bridgehead atoms. The lowest BCUT2D eigenvalue weighted by molar-refractivity contribution is 0.194. The van der Waals surface area contributed by atoms with E-state index >= 15 is 0 Å². The third-order valence-electron chi connectivity index (χ3n) is 23.4. The van der Waals surface area contributed by atoms with E-state index in [4.69, 9.17) is 4.42 Å². The molecule has 0 N–H and O–H groups in total. The summed E-state index contributed by atoms with van der Waals surface area (Å²) in [4.78, 5) is 11.1. The average molecular weight is 1180 g/mol. The number of rotatable bonds is 5. The minimum atomic E-state index is -0.207. The van der Waals surface area contributed by atoms with Gasteiger partial charge in [0.05, 0.1) is 27.8 Å². The van der Waals surface area contributed by atoms with Gasteiger partial charge in [-0.1, -0.05) is 176 Å². The molecule has 0 radical (unpaired) electrons. The van der Waals surface area contributed by atoms with Crippen LogP contribution in [0.25, 0.3) is 53.2 Å². The zero-order chi connectivity index (χ0) is 60.3. The van der Waals surface area contributed by atoms with Crippen LogP contribution in [0.4, 0.5) is 56.9 Å². The molecule has 7 heteroatoms. The van der Waals surface area contributed by atoms with E-state index in [0.717, 1.165) is 53.3 Å². The fourth-order valence-electron chi connectivity index (χ4n) is 18.8. The summed E-state index contributed by atoms with van der Waals surface area (Å²) in [5.74, 6) is 0. The highest BCUT2D eigenvalue weighted by atomic mass is 32.1. The summed E-state index contributed by atoms with van der Waals surface area (Å²) in [6, 6.07) is 75.5. The van der Waals surface area contributed by atoms with Crippen LogP contribution < -0.4 is 36.0 Å². The van der Waals surface area contributed by atoms with Crippen LogP contribution in [0, 0.1) is 13.8 Å². The quantitative estimate of drug-likeness (QED) is 0.160. The topological polar surface area (TPSA) is 26.1 Å². The number of thiophene rings is 1. The number of hydrogen-bond acceptors (Lipinski definition) is 6. The summed E-state index contributed by atoms with van der Waals surface area (Å²) in [6.07, 6.45) is 9.40. The summed E-state index contributed by atoms with van der Waals surface area (Å²) in [6.45, 7) is 22.1.